The Morgan fingerprint density at radius 1 is 1.21 bits per heavy atom. The molecule has 2 rings (SSSR count). The second kappa shape index (κ2) is 5.64. The van der Waals surface area contributed by atoms with Crippen molar-refractivity contribution in [1.82, 2.24) is 10.2 Å². The lowest BCUT2D eigenvalue weighted by molar-refractivity contribution is 0.184. The summed E-state index contributed by atoms with van der Waals surface area (Å²) in [5, 5.41) is 8.81. The number of nitrogens with two attached hydrogens (primary N) is 1. The van der Waals surface area contributed by atoms with Gasteiger partial charge in [-0.1, -0.05) is 11.3 Å². The highest BCUT2D eigenvalue weighted by molar-refractivity contribution is 7.90. The largest absolute Gasteiger partial charge is 0.399 e. The molecule has 8 heteroatoms. The van der Waals surface area contributed by atoms with Crippen molar-refractivity contribution < 1.29 is 13.2 Å². The molecule has 2 N–H and O–H groups in total. The van der Waals surface area contributed by atoms with Gasteiger partial charge in [-0.25, -0.2) is 8.42 Å². The number of sulfone groups is 1. The van der Waals surface area contributed by atoms with Gasteiger partial charge in [0.1, 0.15) is 15.8 Å². The fraction of sp³-hybridized carbons (Fsp3) is 0.273. The summed E-state index contributed by atoms with van der Waals surface area (Å²) in [6.07, 6.45) is 0. The summed E-state index contributed by atoms with van der Waals surface area (Å²) in [5.41, 5.74) is 6.06. The van der Waals surface area contributed by atoms with Gasteiger partial charge in [-0.15, -0.1) is 10.2 Å². The van der Waals surface area contributed by atoms with Crippen molar-refractivity contribution in [3.05, 3.63) is 34.3 Å². The van der Waals surface area contributed by atoms with Crippen molar-refractivity contribution in [3.8, 4) is 0 Å². The van der Waals surface area contributed by atoms with Crippen LogP contribution in [0.5, 0.6) is 0 Å². The smallest absolute Gasteiger partial charge is 0.184 e. The average molecular weight is 299 g/mol. The molecule has 102 valence electrons. The fourth-order valence-corrected chi connectivity index (χ4v) is 3.86. The molecule has 0 radical (unpaired) electrons. The Kier molecular flexibility index (Phi) is 4.13. The summed E-state index contributed by atoms with van der Waals surface area (Å²) in [4.78, 5) is 0.227. The second-order valence-corrected chi connectivity index (χ2v) is 6.99. The van der Waals surface area contributed by atoms with Gasteiger partial charge < -0.3 is 10.5 Å². The number of anilines is 1. The second-order valence-electron chi connectivity index (χ2n) is 3.85. The number of hydrogen-bond acceptors (Lipinski definition) is 7. The molecule has 1 aromatic carbocycles. The Morgan fingerprint density at radius 2 is 1.84 bits per heavy atom. The Bertz CT molecular complexity index is 650. The lowest BCUT2D eigenvalue weighted by Crippen LogP contribution is -2.04. The Labute approximate surface area is 115 Å². The summed E-state index contributed by atoms with van der Waals surface area (Å²) < 4.78 is 29.2. The molecule has 1 heterocycles. The van der Waals surface area contributed by atoms with Gasteiger partial charge in [-0.2, -0.15) is 0 Å². The number of methoxy groups -OCH3 is 1. The van der Waals surface area contributed by atoms with E-state index in [1.165, 1.54) is 23.5 Å². The van der Waals surface area contributed by atoms with E-state index in [1.807, 2.05) is 0 Å². The van der Waals surface area contributed by atoms with E-state index in [0.717, 1.165) is 0 Å². The van der Waals surface area contributed by atoms with Crippen LogP contribution in [0.3, 0.4) is 0 Å². The minimum atomic E-state index is -3.42. The lowest BCUT2D eigenvalue weighted by Gasteiger charge is -2.02. The van der Waals surface area contributed by atoms with Crippen LogP contribution in [0.2, 0.25) is 0 Å². The summed E-state index contributed by atoms with van der Waals surface area (Å²) >= 11 is 1.23. The number of nitrogen functional groups attached to an aromatic ring is 1. The molecule has 0 saturated carbocycles. The molecule has 0 atom stereocenters. The SMILES string of the molecule is COCc1nnc(CS(=O)(=O)c2ccc(N)cc2)s1. The molecule has 0 spiro atoms. The third-order valence-corrected chi connectivity index (χ3v) is 5.05. The van der Waals surface area contributed by atoms with E-state index in [0.29, 0.717) is 22.3 Å². The first-order chi connectivity index (χ1) is 9.01. The van der Waals surface area contributed by atoms with Crippen LogP contribution in [-0.4, -0.2) is 25.7 Å². The molecule has 0 amide bonds. The van der Waals surface area contributed by atoms with Crippen LogP contribution >= 0.6 is 11.3 Å². The zero-order chi connectivity index (χ0) is 13.9. The number of aromatic nitrogens is 2. The molecule has 0 saturated heterocycles. The summed E-state index contributed by atoms with van der Waals surface area (Å²) in [5.74, 6) is -0.168. The molecule has 0 aliphatic rings. The molecular formula is C11H13N3O3S2. The van der Waals surface area contributed by atoms with E-state index in [4.69, 9.17) is 10.5 Å². The zero-order valence-electron chi connectivity index (χ0n) is 10.2. The lowest BCUT2D eigenvalue weighted by atomic mass is 10.3. The van der Waals surface area contributed by atoms with Crippen molar-refractivity contribution in [2.45, 2.75) is 17.3 Å². The molecule has 6 nitrogen and oxygen atoms in total. The molecule has 0 fully saturated rings. The maximum atomic E-state index is 12.1. The Balaban J connectivity index is 2.18. The monoisotopic (exact) mass is 299 g/mol. The van der Waals surface area contributed by atoms with E-state index in [1.54, 1.807) is 19.2 Å². The van der Waals surface area contributed by atoms with Crippen LogP contribution < -0.4 is 5.73 Å². The van der Waals surface area contributed by atoms with Crippen LogP contribution in [0.15, 0.2) is 29.2 Å². The Hall–Kier alpha value is -1.51. The third kappa shape index (κ3) is 3.49. The highest BCUT2D eigenvalue weighted by atomic mass is 32.2. The molecule has 0 unspecified atom stereocenters. The van der Waals surface area contributed by atoms with Crippen LogP contribution in [-0.2, 0) is 26.9 Å². The van der Waals surface area contributed by atoms with Crippen LogP contribution in [0.1, 0.15) is 10.0 Å². The predicted octanol–water partition coefficient (Wildman–Crippen LogP) is 1.24. The summed E-state index contributed by atoms with van der Waals surface area (Å²) in [7, 11) is -1.87. The van der Waals surface area contributed by atoms with Gasteiger partial charge in [-0.3, -0.25) is 0 Å². The number of benzene rings is 1. The van der Waals surface area contributed by atoms with Crippen molar-refractivity contribution >= 4 is 26.9 Å². The van der Waals surface area contributed by atoms with Crippen molar-refractivity contribution in [2.75, 3.05) is 12.8 Å². The first kappa shape index (κ1) is 13.9. The van der Waals surface area contributed by atoms with E-state index >= 15 is 0 Å². The van der Waals surface area contributed by atoms with Gasteiger partial charge in [-0.05, 0) is 24.3 Å². The van der Waals surface area contributed by atoms with Gasteiger partial charge >= 0.3 is 0 Å². The zero-order valence-corrected chi connectivity index (χ0v) is 11.9. The number of nitrogens with zero attached hydrogens (tertiary/aromatic N) is 2. The first-order valence-corrected chi connectivity index (χ1v) is 7.86. The normalized spacial score (nSPS) is 11.6. The highest BCUT2D eigenvalue weighted by Crippen LogP contribution is 2.20. The van der Waals surface area contributed by atoms with Gasteiger partial charge in [0.15, 0.2) is 9.84 Å². The number of hydrogen-bond donors (Lipinski definition) is 1. The minimum Gasteiger partial charge on any atom is -0.399 e. The first-order valence-electron chi connectivity index (χ1n) is 5.40. The van der Waals surface area contributed by atoms with Crippen LogP contribution in [0.4, 0.5) is 5.69 Å². The molecule has 0 aliphatic heterocycles. The molecule has 2 aromatic rings. The Morgan fingerprint density at radius 3 is 2.47 bits per heavy atom. The summed E-state index contributed by atoms with van der Waals surface area (Å²) in [6.45, 7) is 0.333. The van der Waals surface area contributed by atoms with Crippen LogP contribution in [0, 0.1) is 0 Å². The highest BCUT2D eigenvalue weighted by Gasteiger charge is 2.18. The van der Waals surface area contributed by atoms with E-state index in [-0.39, 0.29) is 10.6 Å². The van der Waals surface area contributed by atoms with Gasteiger partial charge in [0.05, 0.1) is 11.5 Å². The number of ether oxygens (including phenoxy) is 1. The van der Waals surface area contributed by atoms with Crippen molar-refractivity contribution in [2.24, 2.45) is 0 Å². The van der Waals surface area contributed by atoms with Crippen molar-refractivity contribution in [1.29, 1.82) is 0 Å². The molecule has 0 aliphatic carbocycles. The fourth-order valence-electron chi connectivity index (χ4n) is 1.45. The maximum absolute atomic E-state index is 12.1. The quantitative estimate of drug-likeness (QED) is 0.835. The van der Waals surface area contributed by atoms with E-state index in [9.17, 15) is 8.42 Å². The van der Waals surface area contributed by atoms with Gasteiger partial charge in [0.25, 0.3) is 0 Å². The minimum absolute atomic E-state index is 0.168. The molecular weight excluding hydrogens is 286 g/mol. The van der Waals surface area contributed by atoms with Gasteiger partial charge in [0, 0.05) is 12.8 Å². The molecule has 0 bridgehead atoms. The van der Waals surface area contributed by atoms with Crippen molar-refractivity contribution in [3.63, 3.8) is 0 Å². The van der Waals surface area contributed by atoms with E-state index < -0.39 is 9.84 Å². The van der Waals surface area contributed by atoms with E-state index in [2.05, 4.69) is 10.2 Å². The maximum Gasteiger partial charge on any atom is 0.184 e. The third-order valence-electron chi connectivity index (χ3n) is 2.33. The molecule has 1 aromatic heterocycles. The van der Waals surface area contributed by atoms with Crippen LogP contribution in [0.25, 0.3) is 0 Å². The average Bonchev–Trinajstić information content (AvgIpc) is 2.77. The number of rotatable bonds is 5. The summed E-state index contributed by atoms with van der Waals surface area (Å²) in [6, 6.07) is 6.09. The van der Waals surface area contributed by atoms with Gasteiger partial charge in [0.2, 0.25) is 0 Å². The standard InChI is InChI=1S/C11H13N3O3S2/c1-17-6-10-13-14-11(18-10)7-19(15,16)9-4-2-8(12)3-5-9/h2-5H,6-7,12H2,1H3. The molecule has 19 heavy (non-hydrogen) atoms. The topological polar surface area (TPSA) is 95.2 Å². The predicted molar refractivity (Wildman–Crippen MR) is 72.4 cm³/mol.